The molecule has 1 aliphatic rings. The Morgan fingerprint density at radius 2 is 2.21 bits per heavy atom. The maximum atomic E-state index is 11.5. The quantitative estimate of drug-likeness (QED) is 0.776. The first-order valence-corrected chi connectivity index (χ1v) is 5.11. The maximum absolute atomic E-state index is 11.5. The van der Waals surface area contributed by atoms with Gasteiger partial charge < -0.3 is 10.3 Å². The van der Waals surface area contributed by atoms with Crippen LogP contribution in [0.1, 0.15) is 19.3 Å². The van der Waals surface area contributed by atoms with E-state index in [0.29, 0.717) is 6.54 Å². The molecule has 14 heavy (non-hydrogen) atoms. The summed E-state index contributed by atoms with van der Waals surface area (Å²) in [5, 5.41) is 0. The topological polar surface area (TPSA) is 48.0 Å². The lowest BCUT2D eigenvalue weighted by Gasteiger charge is -2.41. The van der Waals surface area contributed by atoms with Crippen molar-refractivity contribution in [3.63, 3.8) is 0 Å². The number of nitrogens with two attached hydrogens (primary N) is 1. The molecule has 3 heteroatoms. The minimum Gasteiger partial charge on any atom is -0.330 e. The second-order valence-corrected chi connectivity index (χ2v) is 4.22. The summed E-state index contributed by atoms with van der Waals surface area (Å²) >= 11 is 0. The van der Waals surface area contributed by atoms with E-state index in [-0.39, 0.29) is 11.0 Å². The maximum Gasteiger partial charge on any atom is 0.250 e. The van der Waals surface area contributed by atoms with Gasteiger partial charge in [0.25, 0.3) is 5.56 Å². The van der Waals surface area contributed by atoms with E-state index in [1.165, 1.54) is 6.42 Å². The summed E-state index contributed by atoms with van der Waals surface area (Å²) < 4.78 is 1.77. The molecule has 0 bridgehead atoms. The molecule has 1 saturated carbocycles. The van der Waals surface area contributed by atoms with Crippen molar-refractivity contribution in [1.82, 2.24) is 4.57 Å². The van der Waals surface area contributed by atoms with Gasteiger partial charge in [-0.15, -0.1) is 0 Å². The van der Waals surface area contributed by atoms with Crippen molar-refractivity contribution in [2.45, 2.75) is 25.8 Å². The lowest BCUT2D eigenvalue weighted by molar-refractivity contribution is 0.115. The third kappa shape index (κ3) is 1.60. The molecule has 1 aromatic heterocycles. The predicted octanol–water partition coefficient (Wildman–Crippen LogP) is 0.977. The normalized spacial score (nSPS) is 18.9. The van der Waals surface area contributed by atoms with Gasteiger partial charge in [-0.2, -0.15) is 0 Å². The zero-order valence-corrected chi connectivity index (χ0v) is 8.28. The van der Waals surface area contributed by atoms with E-state index in [2.05, 4.69) is 0 Å². The number of pyridine rings is 1. The number of aromatic nitrogens is 1. The van der Waals surface area contributed by atoms with Crippen LogP contribution in [0, 0.1) is 5.41 Å². The van der Waals surface area contributed by atoms with E-state index in [0.717, 1.165) is 19.4 Å². The average Bonchev–Trinajstić information content (AvgIpc) is 2.14. The van der Waals surface area contributed by atoms with Crippen LogP contribution in [0.25, 0.3) is 0 Å². The molecule has 2 rings (SSSR count). The van der Waals surface area contributed by atoms with Crippen LogP contribution in [0.2, 0.25) is 0 Å². The Kier molecular flexibility index (Phi) is 2.42. The molecule has 76 valence electrons. The highest BCUT2D eigenvalue weighted by molar-refractivity contribution is 4.96. The second-order valence-electron chi connectivity index (χ2n) is 4.22. The Morgan fingerprint density at radius 1 is 1.43 bits per heavy atom. The minimum atomic E-state index is 0.0761. The van der Waals surface area contributed by atoms with Gasteiger partial charge in [-0.05, 0) is 25.5 Å². The van der Waals surface area contributed by atoms with Crippen molar-refractivity contribution >= 4 is 0 Å². The van der Waals surface area contributed by atoms with Gasteiger partial charge in [0.1, 0.15) is 0 Å². The molecular weight excluding hydrogens is 176 g/mol. The highest BCUT2D eigenvalue weighted by Gasteiger charge is 2.35. The molecule has 1 aromatic rings. The summed E-state index contributed by atoms with van der Waals surface area (Å²) in [5.41, 5.74) is 6.03. The Labute approximate surface area is 83.5 Å². The standard InChI is InChI=1S/C11H16N2O/c12-8-11(5-3-6-11)9-13-7-2-1-4-10(13)14/h1-2,4,7H,3,5-6,8-9,12H2. The van der Waals surface area contributed by atoms with E-state index < -0.39 is 0 Å². The number of hydrogen-bond acceptors (Lipinski definition) is 2. The smallest absolute Gasteiger partial charge is 0.250 e. The van der Waals surface area contributed by atoms with E-state index in [4.69, 9.17) is 5.73 Å². The number of nitrogens with zero attached hydrogens (tertiary/aromatic N) is 1. The summed E-state index contributed by atoms with van der Waals surface area (Å²) in [6, 6.07) is 5.27. The van der Waals surface area contributed by atoms with Crippen molar-refractivity contribution in [2.24, 2.45) is 11.1 Å². The molecule has 0 aromatic carbocycles. The third-order valence-corrected chi connectivity index (χ3v) is 3.25. The van der Waals surface area contributed by atoms with Gasteiger partial charge in [0.15, 0.2) is 0 Å². The van der Waals surface area contributed by atoms with Crippen LogP contribution in [0.5, 0.6) is 0 Å². The largest absolute Gasteiger partial charge is 0.330 e. The van der Waals surface area contributed by atoms with Gasteiger partial charge in [-0.25, -0.2) is 0 Å². The number of rotatable bonds is 3. The Bertz CT molecular complexity index is 360. The fourth-order valence-electron chi connectivity index (χ4n) is 2.06. The third-order valence-electron chi connectivity index (χ3n) is 3.25. The van der Waals surface area contributed by atoms with Gasteiger partial charge in [-0.3, -0.25) is 4.79 Å². The minimum absolute atomic E-state index is 0.0761. The van der Waals surface area contributed by atoms with Crippen molar-refractivity contribution in [3.8, 4) is 0 Å². The van der Waals surface area contributed by atoms with E-state index in [9.17, 15) is 4.79 Å². The Balaban J connectivity index is 2.18. The molecular formula is C11H16N2O. The van der Waals surface area contributed by atoms with E-state index in [1.54, 1.807) is 16.7 Å². The summed E-state index contributed by atoms with van der Waals surface area (Å²) in [6.45, 7) is 1.47. The number of hydrogen-bond donors (Lipinski definition) is 1. The van der Waals surface area contributed by atoms with Crippen LogP contribution in [0.3, 0.4) is 0 Å². The summed E-state index contributed by atoms with van der Waals surface area (Å²) in [5.74, 6) is 0. The second kappa shape index (κ2) is 3.58. The van der Waals surface area contributed by atoms with Crippen LogP contribution in [0.4, 0.5) is 0 Å². The molecule has 0 saturated heterocycles. The van der Waals surface area contributed by atoms with Gasteiger partial charge in [-0.1, -0.05) is 12.5 Å². The first kappa shape index (κ1) is 9.46. The summed E-state index contributed by atoms with van der Waals surface area (Å²) in [6.07, 6.45) is 5.41. The highest BCUT2D eigenvalue weighted by atomic mass is 16.1. The van der Waals surface area contributed by atoms with Gasteiger partial charge in [0.2, 0.25) is 0 Å². The lowest BCUT2D eigenvalue weighted by atomic mass is 9.69. The fourth-order valence-corrected chi connectivity index (χ4v) is 2.06. The van der Waals surface area contributed by atoms with Crippen LogP contribution >= 0.6 is 0 Å². The van der Waals surface area contributed by atoms with Crippen molar-refractivity contribution in [3.05, 3.63) is 34.7 Å². The molecule has 1 fully saturated rings. The molecule has 0 radical (unpaired) electrons. The fraction of sp³-hybridized carbons (Fsp3) is 0.545. The van der Waals surface area contributed by atoms with Crippen LogP contribution < -0.4 is 11.3 Å². The van der Waals surface area contributed by atoms with Crippen molar-refractivity contribution in [1.29, 1.82) is 0 Å². The monoisotopic (exact) mass is 192 g/mol. The van der Waals surface area contributed by atoms with Crippen LogP contribution in [-0.2, 0) is 6.54 Å². The Morgan fingerprint density at radius 3 is 2.71 bits per heavy atom. The first-order chi connectivity index (χ1) is 6.76. The van der Waals surface area contributed by atoms with Crippen molar-refractivity contribution < 1.29 is 0 Å². The van der Waals surface area contributed by atoms with Gasteiger partial charge >= 0.3 is 0 Å². The molecule has 1 heterocycles. The summed E-state index contributed by atoms with van der Waals surface area (Å²) in [7, 11) is 0. The van der Waals surface area contributed by atoms with Crippen LogP contribution in [0.15, 0.2) is 29.2 Å². The van der Waals surface area contributed by atoms with E-state index >= 15 is 0 Å². The molecule has 0 spiro atoms. The van der Waals surface area contributed by atoms with E-state index in [1.807, 2.05) is 12.3 Å². The highest BCUT2D eigenvalue weighted by Crippen LogP contribution is 2.40. The zero-order valence-electron chi connectivity index (χ0n) is 8.28. The Hall–Kier alpha value is -1.09. The van der Waals surface area contributed by atoms with Crippen LogP contribution in [-0.4, -0.2) is 11.1 Å². The summed E-state index contributed by atoms with van der Waals surface area (Å²) in [4.78, 5) is 11.5. The molecule has 0 amide bonds. The SMILES string of the molecule is NCC1(Cn2ccccc2=O)CCC1. The van der Waals surface area contributed by atoms with Crippen molar-refractivity contribution in [2.75, 3.05) is 6.54 Å². The predicted molar refractivity (Wildman–Crippen MR) is 56.0 cm³/mol. The molecule has 0 unspecified atom stereocenters. The van der Waals surface area contributed by atoms with Gasteiger partial charge in [0, 0.05) is 24.2 Å². The molecule has 1 aliphatic carbocycles. The average molecular weight is 192 g/mol. The zero-order chi connectivity index (χ0) is 10.0. The van der Waals surface area contributed by atoms with Gasteiger partial charge in [0.05, 0.1) is 0 Å². The molecule has 2 N–H and O–H groups in total. The molecule has 0 aliphatic heterocycles. The first-order valence-electron chi connectivity index (χ1n) is 5.11. The lowest BCUT2D eigenvalue weighted by Crippen LogP contribution is -2.42. The molecule has 3 nitrogen and oxygen atoms in total. The molecule has 0 atom stereocenters.